The van der Waals surface area contributed by atoms with Crippen LogP contribution in [0.3, 0.4) is 0 Å². The quantitative estimate of drug-likeness (QED) is 0.678. The van der Waals surface area contributed by atoms with Crippen molar-refractivity contribution >= 4 is 16.7 Å². The van der Waals surface area contributed by atoms with E-state index in [4.69, 9.17) is 5.73 Å². The van der Waals surface area contributed by atoms with Gasteiger partial charge in [-0.25, -0.2) is 4.39 Å². The molecule has 0 unspecified atom stereocenters. The van der Waals surface area contributed by atoms with E-state index >= 15 is 0 Å². The van der Waals surface area contributed by atoms with Crippen molar-refractivity contribution in [1.29, 1.82) is 0 Å². The predicted molar refractivity (Wildman–Crippen MR) is 56.5 cm³/mol. The first-order valence-electron chi connectivity index (χ1n) is 4.58. The van der Waals surface area contributed by atoms with Crippen LogP contribution in [0.2, 0.25) is 0 Å². The zero-order chi connectivity index (χ0) is 10.7. The molecule has 0 spiro atoms. The summed E-state index contributed by atoms with van der Waals surface area (Å²) < 4.78 is 13.2. The Morgan fingerprint density at radius 1 is 1.36 bits per heavy atom. The Hall–Kier alpha value is -1.58. The lowest BCUT2D eigenvalue weighted by atomic mass is 10.2. The third-order valence-electron chi connectivity index (χ3n) is 1.79. The van der Waals surface area contributed by atoms with Gasteiger partial charge < -0.3 is 5.73 Å². The van der Waals surface area contributed by atoms with Crippen LogP contribution in [0.25, 0.3) is 10.9 Å². The van der Waals surface area contributed by atoms with E-state index in [1.807, 2.05) is 26.8 Å². The fourth-order valence-electron chi connectivity index (χ4n) is 1.27. The van der Waals surface area contributed by atoms with Gasteiger partial charge in [0.2, 0.25) is 0 Å². The van der Waals surface area contributed by atoms with Crippen molar-refractivity contribution < 1.29 is 4.39 Å². The first-order valence-corrected chi connectivity index (χ1v) is 4.58. The number of nitrogens with two attached hydrogens (primary N) is 1. The third-order valence-corrected chi connectivity index (χ3v) is 1.79. The highest BCUT2D eigenvalue weighted by atomic mass is 19.1. The van der Waals surface area contributed by atoms with Crippen LogP contribution >= 0.6 is 0 Å². The number of halogens is 1. The van der Waals surface area contributed by atoms with Gasteiger partial charge in [-0.15, -0.1) is 0 Å². The number of aryl methyl sites for hydroxylation is 1. The predicted octanol–water partition coefficient (Wildman–Crippen LogP) is 2.62. The first-order chi connectivity index (χ1) is 6.68. The second-order valence-electron chi connectivity index (χ2n) is 2.78. The van der Waals surface area contributed by atoms with Gasteiger partial charge in [-0.1, -0.05) is 13.8 Å². The molecule has 0 aliphatic carbocycles. The molecule has 0 saturated carbocycles. The Labute approximate surface area is 82.1 Å². The summed E-state index contributed by atoms with van der Waals surface area (Å²) in [5.41, 5.74) is 6.94. The second kappa shape index (κ2) is 4.09. The number of hydrogen-bond acceptors (Lipinski definition) is 2. The number of benzene rings is 1. The molecule has 0 fully saturated rings. The molecule has 0 aliphatic rings. The fourth-order valence-corrected chi connectivity index (χ4v) is 1.27. The summed E-state index contributed by atoms with van der Waals surface area (Å²) in [6, 6.07) is 3.25. The zero-order valence-electron chi connectivity index (χ0n) is 8.56. The highest BCUT2D eigenvalue weighted by Crippen LogP contribution is 2.22. The van der Waals surface area contributed by atoms with E-state index in [1.165, 1.54) is 6.07 Å². The van der Waals surface area contributed by atoms with Crippen molar-refractivity contribution in [2.75, 3.05) is 5.73 Å². The maximum absolute atomic E-state index is 13.2. The lowest BCUT2D eigenvalue weighted by Crippen LogP contribution is -1.86. The molecule has 3 nitrogen and oxygen atoms in total. The van der Waals surface area contributed by atoms with Gasteiger partial charge in [-0.05, 0) is 24.6 Å². The molecular formula is C10H14FN3. The van der Waals surface area contributed by atoms with Gasteiger partial charge in [0.1, 0.15) is 5.82 Å². The zero-order valence-corrected chi connectivity index (χ0v) is 8.56. The van der Waals surface area contributed by atoms with Crippen LogP contribution in [-0.2, 0) is 0 Å². The summed E-state index contributed by atoms with van der Waals surface area (Å²) in [7, 11) is 0. The lowest BCUT2D eigenvalue weighted by Gasteiger charge is -1.94. The molecule has 4 heteroatoms. The van der Waals surface area contributed by atoms with Gasteiger partial charge in [-0.3, -0.25) is 5.10 Å². The number of fused-ring (bicyclic) bond motifs is 1. The Kier molecular flexibility index (Phi) is 3.06. The highest BCUT2D eigenvalue weighted by molar-refractivity contribution is 5.89. The number of aromatic amines is 1. The molecule has 14 heavy (non-hydrogen) atoms. The normalized spacial score (nSPS) is 9.71. The minimum atomic E-state index is -0.323. The van der Waals surface area contributed by atoms with E-state index in [0.717, 1.165) is 5.56 Å². The van der Waals surface area contributed by atoms with Gasteiger partial charge in [0, 0.05) is 0 Å². The smallest absolute Gasteiger partial charge is 0.156 e. The van der Waals surface area contributed by atoms with Crippen molar-refractivity contribution in [1.82, 2.24) is 10.2 Å². The largest absolute Gasteiger partial charge is 0.382 e. The van der Waals surface area contributed by atoms with Gasteiger partial charge in [-0.2, -0.15) is 5.10 Å². The topological polar surface area (TPSA) is 54.7 Å². The Balaban J connectivity index is 0.000000461. The van der Waals surface area contributed by atoms with Crippen LogP contribution in [-0.4, -0.2) is 10.2 Å². The number of anilines is 1. The number of nitrogen functional groups attached to an aromatic ring is 1. The molecule has 1 heterocycles. The second-order valence-corrected chi connectivity index (χ2v) is 2.78. The number of nitrogens with zero attached hydrogens (tertiary/aromatic N) is 1. The monoisotopic (exact) mass is 195 g/mol. The summed E-state index contributed by atoms with van der Waals surface area (Å²) in [4.78, 5) is 0. The standard InChI is InChI=1S/C8H8FN3.C2H6/c1-4-2-5(9)7-6(3-4)11-12-8(7)10;1-2/h2-3H,1H3,(H3,10,11,12);1-2H3. The van der Waals surface area contributed by atoms with Gasteiger partial charge in [0.25, 0.3) is 0 Å². The minimum Gasteiger partial charge on any atom is -0.382 e. The molecule has 2 rings (SSSR count). The summed E-state index contributed by atoms with van der Waals surface area (Å²) >= 11 is 0. The van der Waals surface area contributed by atoms with E-state index in [0.29, 0.717) is 10.9 Å². The molecule has 0 radical (unpaired) electrons. The highest BCUT2D eigenvalue weighted by Gasteiger charge is 2.07. The maximum atomic E-state index is 13.2. The van der Waals surface area contributed by atoms with E-state index in [2.05, 4.69) is 10.2 Å². The third kappa shape index (κ3) is 1.69. The van der Waals surface area contributed by atoms with Gasteiger partial charge >= 0.3 is 0 Å². The van der Waals surface area contributed by atoms with E-state index < -0.39 is 0 Å². The Morgan fingerprint density at radius 3 is 2.64 bits per heavy atom. The molecule has 1 aromatic heterocycles. The van der Waals surface area contributed by atoms with Gasteiger partial charge in [0.15, 0.2) is 5.82 Å². The fraction of sp³-hybridized carbons (Fsp3) is 0.300. The summed E-state index contributed by atoms with van der Waals surface area (Å²) in [6.45, 7) is 5.82. The molecule has 0 amide bonds. The van der Waals surface area contributed by atoms with Crippen molar-refractivity contribution in [2.45, 2.75) is 20.8 Å². The van der Waals surface area contributed by atoms with Crippen LogP contribution in [0.4, 0.5) is 10.2 Å². The summed E-state index contributed by atoms with van der Waals surface area (Å²) in [5.74, 6) is -0.112. The van der Waals surface area contributed by atoms with E-state index in [1.54, 1.807) is 0 Å². The molecule has 0 saturated heterocycles. The van der Waals surface area contributed by atoms with Crippen LogP contribution in [0.5, 0.6) is 0 Å². The molecule has 0 atom stereocenters. The number of H-pyrrole nitrogens is 1. The van der Waals surface area contributed by atoms with Crippen molar-refractivity contribution in [2.24, 2.45) is 0 Å². The van der Waals surface area contributed by atoms with E-state index in [-0.39, 0.29) is 11.6 Å². The Bertz CT molecular complexity index is 434. The molecular weight excluding hydrogens is 181 g/mol. The molecule has 0 bridgehead atoms. The van der Waals surface area contributed by atoms with Gasteiger partial charge in [0.05, 0.1) is 10.9 Å². The average molecular weight is 195 g/mol. The Morgan fingerprint density at radius 2 is 2.00 bits per heavy atom. The van der Waals surface area contributed by atoms with Crippen molar-refractivity contribution in [3.05, 3.63) is 23.5 Å². The van der Waals surface area contributed by atoms with Crippen LogP contribution < -0.4 is 5.73 Å². The van der Waals surface area contributed by atoms with Crippen LogP contribution in [0, 0.1) is 12.7 Å². The minimum absolute atomic E-state index is 0.211. The molecule has 1 aromatic carbocycles. The SMILES string of the molecule is CC.Cc1cc(F)c2c(N)n[nH]c2c1. The number of hydrogen-bond donors (Lipinski definition) is 2. The molecule has 3 N–H and O–H groups in total. The number of nitrogens with one attached hydrogen (secondary N) is 1. The first kappa shape index (κ1) is 10.5. The molecule has 76 valence electrons. The summed E-state index contributed by atoms with van der Waals surface area (Å²) in [6.07, 6.45) is 0. The number of aromatic nitrogens is 2. The van der Waals surface area contributed by atoms with Crippen LogP contribution in [0.15, 0.2) is 12.1 Å². The molecule has 2 aromatic rings. The van der Waals surface area contributed by atoms with Crippen molar-refractivity contribution in [3.8, 4) is 0 Å². The average Bonchev–Trinajstić information content (AvgIpc) is 2.51. The maximum Gasteiger partial charge on any atom is 0.156 e. The molecule has 0 aliphatic heterocycles. The number of rotatable bonds is 0. The lowest BCUT2D eigenvalue weighted by molar-refractivity contribution is 0.639. The van der Waals surface area contributed by atoms with E-state index in [9.17, 15) is 4.39 Å². The van der Waals surface area contributed by atoms with Crippen LogP contribution in [0.1, 0.15) is 19.4 Å². The summed E-state index contributed by atoms with van der Waals surface area (Å²) in [5, 5.41) is 6.74. The van der Waals surface area contributed by atoms with Crippen molar-refractivity contribution in [3.63, 3.8) is 0 Å².